The van der Waals surface area contributed by atoms with Crippen LogP contribution in [0.15, 0.2) is 42.3 Å². The van der Waals surface area contributed by atoms with Crippen molar-refractivity contribution in [2.45, 2.75) is 26.1 Å². The second-order valence-corrected chi connectivity index (χ2v) is 7.89. The number of carbonyl (C=O) groups excluding carboxylic acids is 1. The molecule has 4 rings (SSSR count). The van der Waals surface area contributed by atoms with Gasteiger partial charge in [-0.2, -0.15) is 5.10 Å². The Bertz CT molecular complexity index is 1180. The zero-order valence-corrected chi connectivity index (χ0v) is 18.2. The number of fused-ring (bicyclic) bond motifs is 1. The number of ether oxygens (including phenoxy) is 2. The highest BCUT2D eigenvalue weighted by Gasteiger charge is 2.25. The van der Waals surface area contributed by atoms with Gasteiger partial charge in [-0.05, 0) is 26.0 Å². The van der Waals surface area contributed by atoms with Gasteiger partial charge < -0.3 is 9.47 Å². The molecule has 0 saturated heterocycles. The fourth-order valence-electron chi connectivity index (χ4n) is 2.71. The first-order valence-electron chi connectivity index (χ1n) is 9.32. The van der Waals surface area contributed by atoms with E-state index < -0.39 is 12.0 Å². The van der Waals surface area contributed by atoms with E-state index in [-0.39, 0.29) is 18.6 Å². The molecular weight excluding hydrogens is 442 g/mol. The van der Waals surface area contributed by atoms with Crippen LogP contribution in [0.1, 0.15) is 13.8 Å². The number of halogens is 1. The number of nitrogens with one attached hydrogen (secondary N) is 1. The Morgan fingerprint density at radius 3 is 2.87 bits per heavy atom. The zero-order valence-electron chi connectivity index (χ0n) is 16.6. The van der Waals surface area contributed by atoms with Crippen LogP contribution in [-0.4, -0.2) is 54.7 Å². The Balaban J connectivity index is 1.64. The minimum atomic E-state index is -0.979. The number of benzene rings is 1. The molecule has 3 heterocycles. The van der Waals surface area contributed by atoms with E-state index in [9.17, 15) is 4.79 Å². The molecule has 0 bridgehead atoms. The molecule has 1 aromatic carbocycles. The molecule has 0 aliphatic carbocycles. The van der Waals surface area contributed by atoms with Crippen LogP contribution in [0.3, 0.4) is 0 Å². The fourth-order valence-corrected chi connectivity index (χ4v) is 3.37. The standard InChI is InChI=1S/C19H18ClN7O3S/c1-11(2)29-8-15(17(28)25-19-26-23-10-31-19)30-18-12-7-24-27(16(12)21-9-22-18)14-6-4-3-5-13(14)20/h3-7,9-11,15H,8H2,1-2H3,(H,25,26,28). The molecule has 1 unspecified atom stereocenters. The van der Waals surface area contributed by atoms with E-state index in [1.807, 2.05) is 32.0 Å². The lowest BCUT2D eigenvalue weighted by atomic mass is 10.3. The molecule has 4 aromatic rings. The highest BCUT2D eigenvalue weighted by molar-refractivity contribution is 7.13. The summed E-state index contributed by atoms with van der Waals surface area (Å²) in [5, 5.41) is 16.0. The Morgan fingerprint density at radius 1 is 1.29 bits per heavy atom. The maximum Gasteiger partial charge on any atom is 0.269 e. The SMILES string of the molecule is CC(C)OCC(Oc1ncnc2c1cnn2-c1ccccc1Cl)C(=O)Nc1nncs1. The van der Waals surface area contributed by atoms with Crippen LogP contribution >= 0.6 is 22.9 Å². The van der Waals surface area contributed by atoms with Gasteiger partial charge in [0, 0.05) is 0 Å². The molecular formula is C19H18ClN7O3S. The van der Waals surface area contributed by atoms with Crippen molar-refractivity contribution >= 4 is 45.0 Å². The molecule has 0 fully saturated rings. The summed E-state index contributed by atoms with van der Waals surface area (Å²) in [7, 11) is 0. The largest absolute Gasteiger partial charge is 0.461 e. The maximum absolute atomic E-state index is 12.8. The molecule has 10 nitrogen and oxygen atoms in total. The molecule has 1 atom stereocenters. The molecule has 0 aliphatic rings. The number of hydrogen-bond donors (Lipinski definition) is 1. The van der Waals surface area contributed by atoms with E-state index in [1.165, 1.54) is 23.2 Å². The van der Waals surface area contributed by atoms with Crippen LogP contribution in [0.25, 0.3) is 16.7 Å². The van der Waals surface area contributed by atoms with E-state index in [4.69, 9.17) is 21.1 Å². The number of para-hydroxylation sites is 1. The van der Waals surface area contributed by atoms with E-state index in [0.717, 1.165) is 0 Å². The molecule has 0 saturated carbocycles. The summed E-state index contributed by atoms with van der Waals surface area (Å²) in [6, 6.07) is 7.27. The molecule has 0 aliphatic heterocycles. The third-order valence-electron chi connectivity index (χ3n) is 4.13. The monoisotopic (exact) mass is 459 g/mol. The summed E-state index contributed by atoms with van der Waals surface area (Å²) in [4.78, 5) is 21.3. The number of aromatic nitrogens is 6. The number of nitrogens with zero attached hydrogens (tertiary/aromatic N) is 6. The fraction of sp³-hybridized carbons (Fsp3) is 0.263. The van der Waals surface area contributed by atoms with Crippen molar-refractivity contribution in [3.63, 3.8) is 0 Å². The van der Waals surface area contributed by atoms with Crippen LogP contribution in [0.5, 0.6) is 5.88 Å². The van der Waals surface area contributed by atoms with Gasteiger partial charge in [0.1, 0.15) is 17.2 Å². The topological polar surface area (TPSA) is 117 Å². The van der Waals surface area contributed by atoms with Gasteiger partial charge in [0.2, 0.25) is 17.1 Å². The van der Waals surface area contributed by atoms with Gasteiger partial charge in [0.15, 0.2) is 5.65 Å². The molecule has 31 heavy (non-hydrogen) atoms. The van der Waals surface area contributed by atoms with Gasteiger partial charge in [-0.15, -0.1) is 10.2 Å². The third kappa shape index (κ3) is 4.79. The highest BCUT2D eigenvalue weighted by Crippen LogP contribution is 2.27. The first-order valence-corrected chi connectivity index (χ1v) is 10.6. The Kier molecular flexibility index (Phi) is 6.35. The lowest BCUT2D eigenvalue weighted by Gasteiger charge is -2.19. The highest BCUT2D eigenvalue weighted by atomic mass is 35.5. The van der Waals surface area contributed by atoms with Crippen molar-refractivity contribution in [3.05, 3.63) is 47.3 Å². The minimum Gasteiger partial charge on any atom is -0.461 e. The van der Waals surface area contributed by atoms with E-state index in [0.29, 0.717) is 26.9 Å². The maximum atomic E-state index is 12.8. The average molecular weight is 460 g/mol. The van der Waals surface area contributed by atoms with Crippen LogP contribution < -0.4 is 10.1 Å². The molecule has 1 N–H and O–H groups in total. The van der Waals surface area contributed by atoms with Crippen molar-refractivity contribution in [1.82, 2.24) is 29.9 Å². The average Bonchev–Trinajstić information content (AvgIpc) is 3.41. The normalized spacial score (nSPS) is 12.3. The number of carbonyl (C=O) groups is 1. The van der Waals surface area contributed by atoms with Gasteiger partial charge in [-0.1, -0.05) is 35.1 Å². The van der Waals surface area contributed by atoms with E-state index >= 15 is 0 Å². The second-order valence-electron chi connectivity index (χ2n) is 6.65. The summed E-state index contributed by atoms with van der Waals surface area (Å²) in [5.41, 5.74) is 2.68. The number of amides is 1. The zero-order chi connectivity index (χ0) is 21.8. The van der Waals surface area contributed by atoms with Crippen LogP contribution in [0.4, 0.5) is 5.13 Å². The predicted octanol–water partition coefficient (Wildman–Crippen LogP) is 3.13. The Morgan fingerprint density at radius 2 is 2.13 bits per heavy atom. The number of hydrogen-bond acceptors (Lipinski definition) is 9. The van der Waals surface area contributed by atoms with Gasteiger partial charge in [0.25, 0.3) is 5.91 Å². The number of anilines is 1. The summed E-state index contributed by atoms with van der Waals surface area (Å²) in [6.07, 6.45) is 1.84. The van der Waals surface area contributed by atoms with E-state index in [2.05, 4.69) is 30.6 Å². The second kappa shape index (κ2) is 9.33. The van der Waals surface area contributed by atoms with Crippen molar-refractivity contribution in [1.29, 1.82) is 0 Å². The molecule has 3 aromatic heterocycles. The Hall–Kier alpha value is -3.15. The van der Waals surface area contributed by atoms with Crippen molar-refractivity contribution in [3.8, 4) is 11.6 Å². The predicted molar refractivity (Wildman–Crippen MR) is 116 cm³/mol. The third-order valence-corrected chi connectivity index (χ3v) is 5.05. The van der Waals surface area contributed by atoms with Crippen molar-refractivity contribution in [2.24, 2.45) is 0 Å². The molecule has 12 heteroatoms. The van der Waals surface area contributed by atoms with Gasteiger partial charge in [0.05, 0.1) is 29.6 Å². The van der Waals surface area contributed by atoms with E-state index in [1.54, 1.807) is 16.9 Å². The number of rotatable bonds is 8. The van der Waals surface area contributed by atoms with Crippen LogP contribution in [-0.2, 0) is 9.53 Å². The van der Waals surface area contributed by atoms with Gasteiger partial charge in [-0.25, -0.2) is 14.6 Å². The molecule has 160 valence electrons. The van der Waals surface area contributed by atoms with Crippen LogP contribution in [0, 0.1) is 0 Å². The molecule has 0 radical (unpaired) electrons. The van der Waals surface area contributed by atoms with Crippen LogP contribution in [0.2, 0.25) is 5.02 Å². The first-order chi connectivity index (χ1) is 15.0. The quantitative estimate of drug-likeness (QED) is 0.427. The van der Waals surface area contributed by atoms with Gasteiger partial charge >= 0.3 is 0 Å². The smallest absolute Gasteiger partial charge is 0.269 e. The molecule has 0 spiro atoms. The summed E-state index contributed by atoms with van der Waals surface area (Å²) in [5.74, 6) is -0.226. The van der Waals surface area contributed by atoms with Gasteiger partial charge in [-0.3, -0.25) is 10.1 Å². The van der Waals surface area contributed by atoms with Crippen molar-refractivity contribution < 1.29 is 14.3 Å². The van der Waals surface area contributed by atoms with Crippen molar-refractivity contribution in [2.75, 3.05) is 11.9 Å². The lowest BCUT2D eigenvalue weighted by Crippen LogP contribution is -2.38. The summed E-state index contributed by atoms with van der Waals surface area (Å²) in [6.45, 7) is 3.76. The Labute approximate surface area is 186 Å². The summed E-state index contributed by atoms with van der Waals surface area (Å²) >= 11 is 7.51. The summed E-state index contributed by atoms with van der Waals surface area (Å²) < 4.78 is 13.2. The molecule has 1 amide bonds. The lowest BCUT2D eigenvalue weighted by molar-refractivity contribution is -0.126. The minimum absolute atomic E-state index is 0.0203. The first kappa shape index (κ1) is 21.1.